The molecule has 1 unspecified atom stereocenters. The molecule has 1 aliphatic rings. The van der Waals surface area contributed by atoms with Crippen molar-refractivity contribution < 1.29 is 4.74 Å². The molecular weight excluding hydrogens is 232 g/mol. The van der Waals surface area contributed by atoms with Crippen LogP contribution in [0, 0.1) is 0 Å². The Hall–Kier alpha value is -1.50. The molecular formula is C18H24O. The van der Waals surface area contributed by atoms with E-state index in [0.29, 0.717) is 0 Å². The lowest BCUT2D eigenvalue weighted by Gasteiger charge is -2.22. The summed E-state index contributed by atoms with van der Waals surface area (Å²) >= 11 is 0. The fourth-order valence-electron chi connectivity index (χ4n) is 2.26. The first kappa shape index (κ1) is 13.9. The molecule has 0 saturated heterocycles. The van der Waals surface area contributed by atoms with Gasteiger partial charge in [0.15, 0.2) is 0 Å². The van der Waals surface area contributed by atoms with Crippen LogP contribution in [-0.2, 0) is 5.41 Å². The molecule has 0 aliphatic heterocycles. The third-order valence-corrected chi connectivity index (χ3v) is 3.58. The Labute approximate surface area is 117 Å². The molecule has 1 nitrogen and oxygen atoms in total. The molecule has 0 bridgehead atoms. The molecule has 0 N–H and O–H groups in total. The highest BCUT2D eigenvalue weighted by molar-refractivity contribution is 5.32. The predicted molar refractivity (Wildman–Crippen MR) is 81.7 cm³/mol. The lowest BCUT2D eigenvalue weighted by molar-refractivity contribution is 0.247. The summed E-state index contributed by atoms with van der Waals surface area (Å²) in [4.78, 5) is 0. The van der Waals surface area contributed by atoms with E-state index in [4.69, 9.17) is 4.74 Å². The molecule has 0 spiro atoms. The lowest BCUT2D eigenvalue weighted by Crippen LogP contribution is -2.16. The number of hydrogen-bond donors (Lipinski definition) is 0. The fraction of sp³-hybridized carbons (Fsp3) is 0.444. The first-order valence-electron chi connectivity index (χ1n) is 7.12. The molecule has 1 aromatic carbocycles. The van der Waals surface area contributed by atoms with Crippen molar-refractivity contribution in [3.05, 3.63) is 53.6 Å². The average molecular weight is 256 g/mol. The SMILES string of the molecule is CCC1=CC=CC(Oc2ccc(C(C)(C)C)cc2)C1. The van der Waals surface area contributed by atoms with Gasteiger partial charge in [0.2, 0.25) is 0 Å². The van der Waals surface area contributed by atoms with Crippen molar-refractivity contribution in [3.8, 4) is 5.75 Å². The first-order chi connectivity index (χ1) is 8.99. The van der Waals surface area contributed by atoms with Crippen LogP contribution in [0.3, 0.4) is 0 Å². The Morgan fingerprint density at radius 1 is 1.16 bits per heavy atom. The summed E-state index contributed by atoms with van der Waals surface area (Å²) in [5, 5.41) is 0. The highest BCUT2D eigenvalue weighted by Gasteiger charge is 2.15. The Bertz CT molecular complexity index is 471. The standard InChI is InChI=1S/C18H24O/c1-5-14-7-6-8-17(13-14)19-16-11-9-15(10-12-16)18(2,3)4/h6-12,17H,5,13H2,1-4H3. The van der Waals surface area contributed by atoms with Crippen LogP contribution >= 0.6 is 0 Å². The number of allylic oxidation sites excluding steroid dienone is 2. The van der Waals surface area contributed by atoms with Gasteiger partial charge in [0.1, 0.15) is 11.9 Å². The van der Waals surface area contributed by atoms with Crippen molar-refractivity contribution in [1.82, 2.24) is 0 Å². The summed E-state index contributed by atoms with van der Waals surface area (Å²) in [5.74, 6) is 0.958. The largest absolute Gasteiger partial charge is 0.486 e. The van der Waals surface area contributed by atoms with E-state index in [-0.39, 0.29) is 11.5 Å². The van der Waals surface area contributed by atoms with E-state index >= 15 is 0 Å². The smallest absolute Gasteiger partial charge is 0.121 e. The Kier molecular flexibility index (Phi) is 4.14. The van der Waals surface area contributed by atoms with Crippen LogP contribution in [0.5, 0.6) is 5.75 Å². The zero-order chi connectivity index (χ0) is 13.9. The second-order valence-electron chi connectivity index (χ2n) is 6.20. The molecule has 0 aromatic heterocycles. The van der Waals surface area contributed by atoms with Crippen LogP contribution in [0.25, 0.3) is 0 Å². The van der Waals surface area contributed by atoms with Crippen molar-refractivity contribution >= 4 is 0 Å². The molecule has 0 amide bonds. The second kappa shape index (κ2) is 5.64. The van der Waals surface area contributed by atoms with Gasteiger partial charge in [-0.25, -0.2) is 0 Å². The molecule has 2 rings (SSSR count). The van der Waals surface area contributed by atoms with Crippen LogP contribution in [0.15, 0.2) is 48.1 Å². The summed E-state index contributed by atoms with van der Waals surface area (Å²) in [7, 11) is 0. The molecule has 0 radical (unpaired) electrons. The van der Waals surface area contributed by atoms with Gasteiger partial charge in [0.25, 0.3) is 0 Å². The molecule has 1 heteroatoms. The van der Waals surface area contributed by atoms with Crippen LogP contribution in [0.2, 0.25) is 0 Å². The van der Waals surface area contributed by atoms with Gasteiger partial charge < -0.3 is 4.74 Å². The van der Waals surface area contributed by atoms with Gasteiger partial charge in [0, 0.05) is 6.42 Å². The van der Waals surface area contributed by atoms with Gasteiger partial charge in [0.05, 0.1) is 0 Å². The van der Waals surface area contributed by atoms with Crippen molar-refractivity contribution in [3.63, 3.8) is 0 Å². The third kappa shape index (κ3) is 3.73. The van der Waals surface area contributed by atoms with Gasteiger partial charge in [-0.05, 0) is 35.6 Å². The zero-order valence-corrected chi connectivity index (χ0v) is 12.4. The molecule has 0 saturated carbocycles. The van der Waals surface area contributed by atoms with Gasteiger partial charge in [-0.15, -0.1) is 0 Å². The van der Waals surface area contributed by atoms with Gasteiger partial charge in [-0.3, -0.25) is 0 Å². The fourth-order valence-corrected chi connectivity index (χ4v) is 2.26. The predicted octanol–water partition coefficient (Wildman–Crippen LogP) is 5.03. The van der Waals surface area contributed by atoms with E-state index in [9.17, 15) is 0 Å². The normalized spacial score (nSPS) is 19.2. The topological polar surface area (TPSA) is 9.23 Å². The number of ether oxygens (including phenoxy) is 1. The van der Waals surface area contributed by atoms with E-state index in [1.165, 1.54) is 11.1 Å². The van der Waals surface area contributed by atoms with E-state index in [1.807, 2.05) is 0 Å². The summed E-state index contributed by atoms with van der Waals surface area (Å²) in [5.41, 5.74) is 2.99. The van der Waals surface area contributed by atoms with E-state index in [0.717, 1.165) is 18.6 Å². The van der Waals surface area contributed by atoms with Crippen LogP contribution in [0.4, 0.5) is 0 Å². The number of rotatable bonds is 3. The maximum absolute atomic E-state index is 6.03. The molecule has 1 aliphatic carbocycles. The molecule has 1 aromatic rings. The van der Waals surface area contributed by atoms with Crippen LogP contribution in [-0.4, -0.2) is 6.10 Å². The summed E-state index contributed by atoms with van der Waals surface area (Å²) in [6, 6.07) is 8.49. The second-order valence-corrected chi connectivity index (χ2v) is 6.20. The van der Waals surface area contributed by atoms with Crippen molar-refractivity contribution in [2.75, 3.05) is 0 Å². The average Bonchev–Trinajstić information content (AvgIpc) is 2.38. The van der Waals surface area contributed by atoms with Crippen molar-refractivity contribution in [2.45, 2.75) is 52.1 Å². The van der Waals surface area contributed by atoms with Crippen molar-refractivity contribution in [2.24, 2.45) is 0 Å². The molecule has 0 heterocycles. The number of benzene rings is 1. The summed E-state index contributed by atoms with van der Waals surface area (Å²) in [6.07, 6.45) is 8.73. The van der Waals surface area contributed by atoms with E-state index in [1.54, 1.807) is 0 Å². The summed E-state index contributed by atoms with van der Waals surface area (Å²) < 4.78 is 6.03. The zero-order valence-electron chi connectivity index (χ0n) is 12.4. The third-order valence-electron chi connectivity index (χ3n) is 3.58. The summed E-state index contributed by atoms with van der Waals surface area (Å²) in [6.45, 7) is 8.88. The highest BCUT2D eigenvalue weighted by Crippen LogP contribution is 2.26. The number of hydrogen-bond acceptors (Lipinski definition) is 1. The monoisotopic (exact) mass is 256 g/mol. The Morgan fingerprint density at radius 3 is 2.42 bits per heavy atom. The first-order valence-corrected chi connectivity index (χ1v) is 7.12. The molecule has 1 atom stereocenters. The van der Waals surface area contributed by atoms with Crippen molar-refractivity contribution in [1.29, 1.82) is 0 Å². The lowest BCUT2D eigenvalue weighted by atomic mass is 9.87. The molecule has 102 valence electrons. The van der Waals surface area contributed by atoms with Gasteiger partial charge in [-0.1, -0.05) is 57.6 Å². The Morgan fingerprint density at radius 2 is 1.84 bits per heavy atom. The maximum atomic E-state index is 6.03. The van der Waals surface area contributed by atoms with E-state index < -0.39 is 0 Å². The highest BCUT2D eigenvalue weighted by atomic mass is 16.5. The Balaban J connectivity index is 2.01. The molecule has 0 fully saturated rings. The maximum Gasteiger partial charge on any atom is 0.121 e. The van der Waals surface area contributed by atoms with Crippen LogP contribution < -0.4 is 4.74 Å². The molecule has 19 heavy (non-hydrogen) atoms. The quantitative estimate of drug-likeness (QED) is 0.737. The minimum absolute atomic E-state index is 0.181. The minimum Gasteiger partial charge on any atom is -0.486 e. The van der Waals surface area contributed by atoms with Crippen LogP contribution in [0.1, 0.15) is 46.1 Å². The van der Waals surface area contributed by atoms with E-state index in [2.05, 4.69) is 70.2 Å². The minimum atomic E-state index is 0.181. The van der Waals surface area contributed by atoms with Gasteiger partial charge in [-0.2, -0.15) is 0 Å². The van der Waals surface area contributed by atoms with Gasteiger partial charge >= 0.3 is 0 Å².